The zero-order valence-electron chi connectivity index (χ0n) is 12.3. The summed E-state index contributed by atoms with van der Waals surface area (Å²) in [6.07, 6.45) is 1.11. The van der Waals surface area contributed by atoms with Gasteiger partial charge in [0.2, 0.25) is 0 Å². The molecule has 1 N–H and O–H groups in total. The van der Waals surface area contributed by atoms with Gasteiger partial charge in [-0.15, -0.1) is 0 Å². The predicted molar refractivity (Wildman–Crippen MR) is 82.9 cm³/mol. The maximum Gasteiger partial charge on any atom is 0.344 e. The molecule has 112 valence electrons. The first-order valence-corrected chi connectivity index (χ1v) is 7.08. The second kappa shape index (κ2) is 5.90. The minimum Gasteiger partial charge on any atom is -0.479 e. The largest absolute Gasteiger partial charge is 0.479 e. The van der Waals surface area contributed by atoms with Crippen molar-refractivity contribution in [2.45, 2.75) is 33.3 Å². The Morgan fingerprint density at radius 1 is 1.38 bits per heavy atom. The van der Waals surface area contributed by atoms with Gasteiger partial charge in [0.05, 0.1) is 5.02 Å². The molecule has 0 aliphatic rings. The lowest BCUT2D eigenvalue weighted by atomic mass is 9.89. The van der Waals surface area contributed by atoms with E-state index in [9.17, 15) is 9.90 Å². The quantitative estimate of drug-likeness (QED) is 0.921. The molecular formula is C16H18ClNO3. The topological polar surface area (TPSA) is 59.4 Å². The van der Waals surface area contributed by atoms with Gasteiger partial charge >= 0.3 is 5.97 Å². The number of aliphatic carboxylic acids is 1. The highest BCUT2D eigenvalue weighted by Crippen LogP contribution is 2.32. The summed E-state index contributed by atoms with van der Waals surface area (Å²) in [6.45, 7) is 5.93. The van der Waals surface area contributed by atoms with Crippen LogP contribution in [0, 0.1) is 5.41 Å². The minimum atomic E-state index is -0.982. The first-order chi connectivity index (χ1) is 9.78. The lowest BCUT2D eigenvalue weighted by Gasteiger charge is -2.24. The molecule has 1 aromatic carbocycles. The summed E-state index contributed by atoms with van der Waals surface area (Å²) < 4.78 is 5.70. The van der Waals surface area contributed by atoms with Gasteiger partial charge in [-0.3, -0.25) is 4.98 Å². The van der Waals surface area contributed by atoms with Crippen LogP contribution in [0.4, 0.5) is 0 Å². The smallest absolute Gasteiger partial charge is 0.344 e. The summed E-state index contributed by atoms with van der Waals surface area (Å²) in [7, 11) is 0. The summed E-state index contributed by atoms with van der Waals surface area (Å²) in [5.74, 6) is -0.546. The van der Waals surface area contributed by atoms with Crippen LogP contribution in [0.3, 0.4) is 0 Å². The predicted octanol–water partition coefficient (Wildman–Crippen LogP) is 4.16. The van der Waals surface area contributed by atoms with Crippen molar-refractivity contribution in [2.24, 2.45) is 5.41 Å². The number of hydrogen-bond donors (Lipinski definition) is 1. The first-order valence-electron chi connectivity index (χ1n) is 6.70. The molecule has 1 aromatic heterocycles. The highest BCUT2D eigenvalue weighted by Gasteiger charge is 2.27. The Bertz CT molecular complexity index is 664. The summed E-state index contributed by atoms with van der Waals surface area (Å²) in [5, 5.41) is 10.7. The number of aromatic nitrogens is 1. The highest BCUT2D eigenvalue weighted by atomic mass is 35.5. The Morgan fingerprint density at radius 3 is 2.71 bits per heavy atom. The molecule has 0 bridgehead atoms. The van der Waals surface area contributed by atoms with Crippen LogP contribution in [-0.4, -0.2) is 22.2 Å². The molecule has 2 aromatic rings. The number of carboxylic acids is 1. The van der Waals surface area contributed by atoms with Gasteiger partial charge in [-0.2, -0.15) is 0 Å². The summed E-state index contributed by atoms with van der Waals surface area (Å²) in [6, 6.07) is 6.96. The number of rotatable bonds is 4. The standard InChI is InChI=1S/C16H18ClNO3/c1-16(2,3)9-13(15(19)20)21-12-7-6-11(17)10-5-4-8-18-14(10)12/h4-8,13H,9H2,1-3H3,(H,19,20). The Hall–Kier alpha value is -1.81. The van der Waals surface area contributed by atoms with E-state index in [1.54, 1.807) is 24.4 Å². The van der Waals surface area contributed by atoms with E-state index in [1.807, 2.05) is 26.8 Å². The van der Waals surface area contributed by atoms with Gasteiger partial charge < -0.3 is 9.84 Å². The van der Waals surface area contributed by atoms with E-state index in [4.69, 9.17) is 16.3 Å². The average molecular weight is 308 g/mol. The van der Waals surface area contributed by atoms with Gasteiger partial charge in [0.25, 0.3) is 0 Å². The molecule has 0 spiro atoms. The number of fused-ring (bicyclic) bond motifs is 1. The van der Waals surface area contributed by atoms with E-state index in [0.29, 0.717) is 22.7 Å². The summed E-state index contributed by atoms with van der Waals surface area (Å²) in [4.78, 5) is 15.7. The van der Waals surface area contributed by atoms with Crippen LogP contribution in [-0.2, 0) is 4.79 Å². The van der Waals surface area contributed by atoms with E-state index in [2.05, 4.69) is 4.98 Å². The SMILES string of the molecule is CC(C)(C)CC(Oc1ccc(Cl)c2cccnc12)C(=O)O. The number of carboxylic acid groups (broad SMARTS) is 1. The lowest BCUT2D eigenvalue weighted by Crippen LogP contribution is -2.31. The normalized spacial score (nSPS) is 13.1. The van der Waals surface area contributed by atoms with E-state index >= 15 is 0 Å². The average Bonchev–Trinajstić information content (AvgIpc) is 2.40. The fraction of sp³-hybridized carbons (Fsp3) is 0.375. The van der Waals surface area contributed by atoms with Gasteiger partial charge in [0, 0.05) is 18.0 Å². The van der Waals surface area contributed by atoms with Crippen molar-refractivity contribution >= 4 is 28.5 Å². The molecule has 5 heteroatoms. The van der Waals surface area contributed by atoms with Crippen molar-refractivity contribution in [2.75, 3.05) is 0 Å². The third kappa shape index (κ3) is 3.85. The zero-order valence-corrected chi connectivity index (χ0v) is 13.0. The van der Waals surface area contributed by atoms with Crippen LogP contribution in [0.25, 0.3) is 10.9 Å². The molecule has 21 heavy (non-hydrogen) atoms. The molecule has 0 saturated heterocycles. The van der Waals surface area contributed by atoms with Crippen molar-refractivity contribution < 1.29 is 14.6 Å². The number of pyridine rings is 1. The van der Waals surface area contributed by atoms with Gasteiger partial charge in [-0.25, -0.2) is 4.79 Å². The maximum absolute atomic E-state index is 11.4. The number of ether oxygens (including phenoxy) is 1. The van der Waals surface area contributed by atoms with Crippen LogP contribution in [0.15, 0.2) is 30.5 Å². The Labute approximate surface area is 128 Å². The lowest BCUT2D eigenvalue weighted by molar-refractivity contribution is -0.146. The van der Waals surface area contributed by atoms with Crippen LogP contribution >= 0.6 is 11.6 Å². The molecule has 1 heterocycles. The summed E-state index contributed by atoms with van der Waals surface area (Å²) >= 11 is 6.12. The molecule has 4 nitrogen and oxygen atoms in total. The van der Waals surface area contributed by atoms with Crippen molar-refractivity contribution in [3.05, 3.63) is 35.5 Å². The van der Waals surface area contributed by atoms with Crippen LogP contribution in [0.5, 0.6) is 5.75 Å². The minimum absolute atomic E-state index is 0.154. The van der Waals surface area contributed by atoms with Crippen LogP contribution < -0.4 is 4.74 Å². The fourth-order valence-corrected chi connectivity index (χ4v) is 2.31. The van der Waals surface area contributed by atoms with Crippen molar-refractivity contribution in [3.63, 3.8) is 0 Å². The molecule has 0 saturated carbocycles. The maximum atomic E-state index is 11.4. The molecule has 1 atom stereocenters. The van der Waals surface area contributed by atoms with Crippen molar-refractivity contribution in [3.8, 4) is 5.75 Å². The zero-order chi connectivity index (χ0) is 15.6. The number of hydrogen-bond acceptors (Lipinski definition) is 3. The third-order valence-electron chi connectivity index (χ3n) is 3.02. The number of benzene rings is 1. The van der Waals surface area contributed by atoms with Crippen molar-refractivity contribution in [1.29, 1.82) is 0 Å². The molecule has 0 amide bonds. The van der Waals surface area contributed by atoms with Gasteiger partial charge in [0.15, 0.2) is 6.10 Å². The molecule has 0 radical (unpaired) electrons. The van der Waals surface area contributed by atoms with E-state index in [1.165, 1.54) is 0 Å². The molecular weight excluding hydrogens is 290 g/mol. The number of nitrogens with zero attached hydrogens (tertiary/aromatic N) is 1. The fourth-order valence-electron chi connectivity index (χ4n) is 2.10. The van der Waals surface area contributed by atoms with E-state index in [-0.39, 0.29) is 5.41 Å². The van der Waals surface area contributed by atoms with Gasteiger partial charge in [-0.05, 0) is 29.7 Å². The van der Waals surface area contributed by atoms with E-state index < -0.39 is 12.1 Å². The molecule has 0 fully saturated rings. The molecule has 0 aliphatic heterocycles. The Kier molecular flexibility index (Phi) is 4.37. The Balaban J connectivity index is 2.38. The second-order valence-electron chi connectivity index (χ2n) is 6.15. The van der Waals surface area contributed by atoms with Crippen LogP contribution in [0.1, 0.15) is 27.2 Å². The Morgan fingerprint density at radius 2 is 2.10 bits per heavy atom. The van der Waals surface area contributed by atoms with Crippen LogP contribution in [0.2, 0.25) is 5.02 Å². The highest BCUT2D eigenvalue weighted by molar-refractivity contribution is 6.35. The van der Waals surface area contributed by atoms with E-state index in [0.717, 1.165) is 5.39 Å². The number of carbonyl (C=O) groups is 1. The molecule has 2 rings (SSSR count). The first kappa shape index (κ1) is 15.6. The summed E-state index contributed by atoms with van der Waals surface area (Å²) in [5.41, 5.74) is 0.420. The van der Waals surface area contributed by atoms with Crippen molar-refractivity contribution in [1.82, 2.24) is 4.98 Å². The molecule has 0 aliphatic carbocycles. The third-order valence-corrected chi connectivity index (χ3v) is 3.35. The van der Waals surface area contributed by atoms with Gasteiger partial charge in [-0.1, -0.05) is 32.4 Å². The van der Waals surface area contributed by atoms with Gasteiger partial charge in [0.1, 0.15) is 11.3 Å². The second-order valence-corrected chi connectivity index (χ2v) is 6.56. The molecule has 1 unspecified atom stereocenters. The monoisotopic (exact) mass is 307 g/mol. The number of halogens is 1.